The zero-order chi connectivity index (χ0) is 29.5. The van der Waals surface area contributed by atoms with E-state index in [1.54, 1.807) is 24.3 Å². The maximum atomic E-state index is 13.7. The smallest absolute Gasteiger partial charge is 0.301 e. The van der Waals surface area contributed by atoms with Crippen LogP contribution in [0.4, 0.5) is 5.13 Å². The molecule has 1 saturated heterocycles. The maximum absolute atomic E-state index is 13.7. The van der Waals surface area contributed by atoms with Crippen molar-refractivity contribution in [3.05, 3.63) is 119 Å². The summed E-state index contributed by atoms with van der Waals surface area (Å²) in [6.07, 6.45) is 0. The van der Waals surface area contributed by atoms with Crippen LogP contribution in [-0.2, 0) is 16.2 Å². The van der Waals surface area contributed by atoms with Crippen LogP contribution in [0.25, 0.3) is 16.0 Å². The summed E-state index contributed by atoms with van der Waals surface area (Å²) in [7, 11) is 0. The Hall–Kier alpha value is -5.15. The first-order valence-electron chi connectivity index (χ1n) is 13.8. The van der Waals surface area contributed by atoms with Crippen molar-refractivity contribution in [3.8, 4) is 17.2 Å². The Morgan fingerprint density at radius 1 is 0.953 bits per heavy atom. The molecule has 1 atom stereocenters. The number of thiazole rings is 1. The van der Waals surface area contributed by atoms with Crippen LogP contribution in [0.5, 0.6) is 17.2 Å². The molecular formula is C34H26N2O6S. The van der Waals surface area contributed by atoms with Gasteiger partial charge in [-0.3, -0.25) is 14.5 Å². The van der Waals surface area contributed by atoms with E-state index in [1.807, 2.05) is 73.7 Å². The van der Waals surface area contributed by atoms with E-state index in [9.17, 15) is 14.7 Å². The summed E-state index contributed by atoms with van der Waals surface area (Å²) in [6.45, 7) is 3.13. The average Bonchev–Trinajstić information content (AvgIpc) is 3.57. The van der Waals surface area contributed by atoms with Crippen LogP contribution in [-0.4, -0.2) is 35.0 Å². The molecule has 1 fully saturated rings. The lowest BCUT2D eigenvalue weighted by atomic mass is 9.95. The summed E-state index contributed by atoms with van der Waals surface area (Å²) < 4.78 is 18.3. The molecule has 2 aliphatic rings. The molecule has 214 valence electrons. The van der Waals surface area contributed by atoms with E-state index in [1.165, 1.54) is 16.2 Å². The number of hydrogen-bond donors (Lipinski definition) is 1. The van der Waals surface area contributed by atoms with Gasteiger partial charge < -0.3 is 19.3 Å². The Kier molecular flexibility index (Phi) is 6.79. The van der Waals surface area contributed by atoms with Gasteiger partial charge in [-0.15, -0.1) is 0 Å². The van der Waals surface area contributed by atoms with Gasteiger partial charge in [0.2, 0.25) is 0 Å². The highest BCUT2D eigenvalue weighted by Gasteiger charge is 2.48. The first-order valence-corrected chi connectivity index (χ1v) is 14.6. The molecule has 1 amide bonds. The second-order valence-electron chi connectivity index (χ2n) is 10.3. The number of aryl methyl sites for hydroxylation is 1. The van der Waals surface area contributed by atoms with Crippen molar-refractivity contribution >= 4 is 44.1 Å². The summed E-state index contributed by atoms with van der Waals surface area (Å²) in [5.41, 5.74) is 3.67. The van der Waals surface area contributed by atoms with Gasteiger partial charge in [-0.05, 0) is 66.1 Å². The first-order chi connectivity index (χ1) is 21.0. The maximum Gasteiger partial charge on any atom is 0.301 e. The highest BCUT2D eigenvalue weighted by atomic mass is 32.1. The predicted molar refractivity (Wildman–Crippen MR) is 164 cm³/mol. The van der Waals surface area contributed by atoms with Crippen LogP contribution in [0.15, 0.2) is 96.6 Å². The molecule has 0 radical (unpaired) electrons. The van der Waals surface area contributed by atoms with Gasteiger partial charge in [0, 0.05) is 5.56 Å². The fraction of sp³-hybridized carbons (Fsp3) is 0.147. The molecule has 8 nitrogen and oxygen atoms in total. The zero-order valence-electron chi connectivity index (χ0n) is 23.2. The average molecular weight is 591 g/mol. The van der Waals surface area contributed by atoms with E-state index >= 15 is 0 Å². The minimum absolute atomic E-state index is 0.0441. The largest absolute Gasteiger partial charge is 0.507 e. The number of carbonyl (C=O) groups excluding carboxylic acids is 2. The molecule has 0 bridgehead atoms. The highest BCUT2D eigenvalue weighted by Crippen LogP contribution is 2.45. The number of ketones is 1. The SMILES string of the molecule is Cc1ccc2nc(N3C(=O)C(=O)/C(=C(/O)c4ccc5c(c4)OCCO5)[C@H]3c3cccc(OCc4ccccc4)c3)sc2c1. The topological polar surface area (TPSA) is 98.2 Å². The van der Waals surface area contributed by atoms with Gasteiger partial charge in [0.1, 0.15) is 31.3 Å². The van der Waals surface area contributed by atoms with E-state index < -0.39 is 17.7 Å². The van der Waals surface area contributed by atoms with Gasteiger partial charge >= 0.3 is 5.91 Å². The standard InChI is InChI=1S/C34H26N2O6S/c1-20-10-12-25-28(16-20)43-34(35-25)36-30(22-8-5-9-24(17-22)42-19-21-6-3-2-4-7-21)29(32(38)33(36)39)31(37)23-11-13-26-27(18-23)41-15-14-40-26/h2-13,16-18,30,37H,14-15,19H2,1H3/b31-29+/t30-/m1/s1. The molecule has 0 spiro atoms. The number of benzene rings is 4. The van der Waals surface area contributed by atoms with Gasteiger partial charge in [-0.2, -0.15) is 0 Å². The van der Waals surface area contributed by atoms with Crippen LogP contribution in [0.1, 0.15) is 28.3 Å². The summed E-state index contributed by atoms with van der Waals surface area (Å²) in [5, 5.41) is 12.0. The lowest BCUT2D eigenvalue weighted by molar-refractivity contribution is -0.132. The Morgan fingerprint density at radius 3 is 2.60 bits per heavy atom. The van der Waals surface area contributed by atoms with Gasteiger partial charge in [-0.1, -0.05) is 59.9 Å². The lowest BCUT2D eigenvalue weighted by Gasteiger charge is -2.24. The van der Waals surface area contributed by atoms with Gasteiger partial charge in [0.15, 0.2) is 16.6 Å². The third-order valence-corrected chi connectivity index (χ3v) is 8.44. The summed E-state index contributed by atoms with van der Waals surface area (Å²) in [4.78, 5) is 33.5. The molecule has 1 aromatic heterocycles. The minimum atomic E-state index is -0.949. The number of fused-ring (bicyclic) bond motifs is 2. The summed E-state index contributed by atoms with van der Waals surface area (Å²) in [6, 6.07) is 26.8. The van der Waals surface area contributed by atoms with E-state index in [4.69, 9.17) is 19.2 Å². The Balaban J connectivity index is 1.35. The van der Waals surface area contributed by atoms with E-state index in [-0.39, 0.29) is 11.3 Å². The van der Waals surface area contributed by atoms with Crippen molar-refractivity contribution in [2.24, 2.45) is 0 Å². The molecular weight excluding hydrogens is 564 g/mol. The van der Waals surface area contributed by atoms with Crippen LogP contribution >= 0.6 is 11.3 Å². The number of hydrogen-bond acceptors (Lipinski definition) is 8. The number of ether oxygens (including phenoxy) is 3. The van der Waals surface area contributed by atoms with Crippen LogP contribution in [0.3, 0.4) is 0 Å². The van der Waals surface area contributed by atoms with E-state index in [0.29, 0.717) is 53.3 Å². The van der Waals surface area contributed by atoms with Crippen LogP contribution < -0.4 is 19.1 Å². The number of rotatable bonds is 6. The number of aliphatic hydroxyl groups is 1. The van der Waals surface area contributed by atoms with Gasteiger partial charge in [0.05, 0.1) is 21.8 Å². The molecule has 0 unspecified atom stereocenters. The second-order valence-corrected chi connectivity index (χ2v) is 11.4. The second kappa shape index (κ2) is 10.9. The number of Topliss-reactive ketones (excluding diaryl/α,β-unsaturated/α-hetero) is 1. The minimum Gasteiger partial charge on any atom is -0.507 e. The molecule has 7 rings (SSSR count). The summed E-state index contributed by atoms with van der Waals surface area (Å²) >= 11 is 1.32. The number of aromatic nitrogens is 1. The molecule has 4 aromatic carbocycles. The van der Waals surface area contributed by atoms with Crippen LogP contribution in [0, 0.1) is 6.92 Å². The molecule has 1 N–H and O–H groups in total. The molecule has 0 saturated carbocycles. The zero-order valence-corrected chi connectivity index (χ0v) is 24.0. The quantitative estimate of drug-likeness (QED) is 0.136. The third-order valence-electron chi connectivity index (χ3n) is 7.42. The lowest BCUT2D eigenvalue weighted by Crippen LogP contribution is -2.29. The summed E-state index contributed by atoms with van der Waals surface area (Å²) in [5.74, 6) is -0.313. The van der Waals surface area contributed by atoms with Gasteiger partial charge in [0.25, 0.3) is 5.78 Å². The molecule has 2 aliphatic heterocycles. The van der Waals surface area contributed by atoms with E-state index in [0.717, 1.165) is 21.3 Å². The first kappa shape index (κ1) is 26.7. The van der Waals surface area contributed by atoms with Crippen molar-refractivity contribution in [2.75, 3.05) is 18.1 Å². The fourth-order valence-electron chi connectivity index (χ4n) is 5.33. The number of nitrogens with zero attached hydrogens (tertiary/aromatic N) is 2. The monoisotopic (exact) mass is 590 g/mol. The van der Waals surface area contributed by atoms with Crippen LogP contribution in [0.2, 0.25) is 0 Å². The normalized spacial score (nSPS) is 17.4. The molecule has 0 aliphatic carbocycles. The molecule has 9 heteroatoms. The molecule has 5 aromatic rings. The van der Waals surface area contributed by atoms with E-state index in [2.05, 4.69) is 0 Å². The van der Waals surface area contributed by atoms with Crippen molar-refractivity contribution in [1.82, 2.24) is 4.98 Å². The Labute approximate surface area is 251 Å². The highest BCUT2D eigenvalue weighted by molar-refractivity contribution is 7.22. The predicted octanol–water partition coefficient (Wildman–Crippen LogP) is 6.58. The molecule has 3 heterocycles. The molecule has 43 heavy (non-hydrogen) atoms. The fourth-order valence-corrected chi connectivity index (χ4v) is 6.42. The third kappa shape index (κ3) is 4.97. The van der Waals surface area contributed by atoms with Crippen molar-refractivity contribution in [3.63, 3.8) is 0 Å². The van der Waals surface area contributed by atoms with Crippen molar-refractivity contribution in [1.29, 1.82) is 0 Å². The number of carbonyl (C=O) groups is 2. The van der Waals surface area contributed by atoms with Crippen molar-refractivity contribution in [2.45, 2.75) is 19.6 Å². The number of amides is 1. The van der Waals surface area contributed by atoms with Crippen molar-refractivity contribution < 1.29 is 28.9 Å². The van der Waals surface area contributed by atoms with Gasteiger partial charge in [-0.25, -0.2) is 4.98 Å². The number of anilines is 1. The Bertz CT molecular complexity index is 1920. The number of aliphatic hydroxyl groups excluding tert-OH is 1. The Morgan fingerprint density at radius 2 is 1.77 bits per heavy atom.